The molecule has 1 aliphatic rings. The van der Waals surface area contributed by atoms with Crippen LogP contribution in [0.5, 0.6) is 0 Å². The third-order valence-corrected chi connectivity index (χ3v) is 5.03. The van der Waals surface area contributed by atoms with Gasteiger partial charge in [-0.1, -0.05) is 0 Å². The summed E-state index contributed by atoms with van der Waals surface area (Å²) in [6, 6.07) is 6.38. The molecule has 2 aromatic heterocycles. The van der Waals surface area contributed by atoms with Crippen LogP contribution in [0.3, 0.4) is 0 Å². The minimum atomic E-state index is 0.258. The Balaban J connectivity index is 1.66. The highest BCUT2D eigenvalue weighted by atomic mass is 32.1. The van der Waals surface area contributed by atoms with E-state index >= 15 is 0 Å². The largest absolute Gasteiger partial charge is 0.338 e. The van der Waals surface area contributed by atoms with Gasteiger partial charge in [0.25, 0.3) is 0 Å². The van der Waals surface area contributed by atoms with Crippen LogP contribution in [-0.4, -0.2) is 33.2 Å². The van der Waals surface area contributed by atoms with E-state index in [-0.39, 0.29) is 11.9 Å². The van der Waals surface area contributed by atoms with E-state index in [1.54, 1.807) is 17.5 Å². The number of carbonyl (C=O) groups excluding carboxylic acids is 1. The first-order valence-corrected chi connectivity index (χ1v) is 8.36. The third kappa shape index (κ3) is 3.53. The number of rotatable bonds is 4. The quantitative estimate of drug-likeness (QED) is 0.871. The Morgan fingerprint density at radius 2 is 2.33 bits per heavy atom. The molecule has 0 radical (unpaired) electrons. The van der Waals surface area contributed by atoms with Gasteiger partial charge in [-0.15, -0.1) is 11.3 Å². The maximum atomic E-state index is 12.6. The van der Waals surface area contributed by atoms with Gasteiger partial charge in [-0.05, 0) is 44.4 Å². The van der Waals surface area contributed by atoms with E-state index in [9.17, 15) is 4.79 Å². The van der Waals surface area contributed by atoms with Crippen LogP contribution >= 0.6 is 11.3 Å². The molecule has 3 heterocycles. The lowest BCUT2D eigenvalue weighted by atomic mass is 10.0. The van der Waals surface area contributed by atoms with E-state index in [0.29, 0.717) is 6.42 Å². The predicted molar refractivity (Wildman–Crippen MR) is 84.3 cm³/mol. The molecule has 21 heavy (non-hydrogen) atoms. The number of hydrogen-bond acceptors (Lipinski definition) is 3. The Morgan fingerprint density at radius 1 is 1.43 bits per heavy atom. The lowest BCUT2D eigenvalue weighted by Gasteiger charge is -2.35. The number of amides is 1. The lowest BCUT2D eigenvalue weighted by Crippen LogP contribution is -2.46. The number of aromatic nitrogens is 2. The molecule has 0 aliphatic carbocycles. The van der Waals surface area contributed by atoms with Crippen molar-refractivity contribution in [2.45, 2.75) is 45.2 Å². The van der Waals surface area contributed by atoms with Gasteiger partial charge < -0.3 is 4.90 Å². The van der Waals surface area contributed by atoms with Crippen molar-refractivity contribution in [2.75, 3.05) is 6.54 Å². The smallest absolute Gasteiger partial charge is 0.228 e. The van der Waals surface area contributed by atoms with Gasteiger partial charge in [-0.25, -0.2) is 0 Å². The van der Waals surface area contributed by atoms with Crippen molar-refractivity contribution < 1.29 is 4.79 Å². The normalized spacial score (nSPS) is 18.9. The molecule has 1 saturated heterocycles. The summed E-state index contributed by atoms with van der Waals surface area (Å²) in [4.78, 5) is 17.1. The van der Waals surface area contributed by atoms with Gasteiger partial charge in [-0.2, -0.15) is 5.10 Å². The zero-order valence-electron chi connectivity index (χ0n) is 12.4. The molecule has 5 heteroatoms. The van der Waals surface area contributed by atoms with Crippen LogP contribution in [0.2, 0.25) is 0 Å². The molecule has 0 spiro atoms. The number of thiophene rings is 1. The highest BCUT2D eigenvalue weighted by Crippen LogP contribution is 2.22. The van der Waals surface area contributed by atoms with Crippen molar-refractivity contribution in [3.63, 3.8) is 0 Å². The van der Waals surface area contributed by atoms with Gasteiger partial charge in [0.05, 0.1) is 19.0 Å². The average Bonchev–Trinajstić information content (AvgIpc) is 3.11. The highest BCUT2D eigenvalue weighted by molar-refractivity contribution is 7.12. The standard InChI is InChI=1S/C16H21N3OS/c1-13-6-7-15(21-13)11-16(20)19-10-3-2-5-14(19)12-18-9-4-8-17-18/h4,6-9,14H,2-3,5,10-12H2,1H3/t14-/m1/s1. The molecule has 0 aromatic carbocycles. The molecular formula is C16H21N3OS. The second-order valence-electron chi connectivity index (χ2n) is 5.65. The molecular weight excluding hydrogens is 282 g/mol. The van der Waals surface area contributed by atoms with Crippen LogP contribution in [0, 0.1) is 6.92 Å². The summed E-state index contributed by atoms with van der Waals surface area (Å²) >= 11 is 1.72. The van der Waals surface area contributed by atoms with Gasteiger partial charge >= 0.3 is 0 Å². The minimum Gasteiger partial charge on any atom is -0.338 e. The zero-order valence-corrected chi connectivity index (χ0v) is 13.2. The van der Waals surface area contributed by atoms with E-state index in [1.165, 1.54) is 16.2 Å². The fourth-order valence-corrected chi connectivity index (χ4v) is 3.86. The first-order chi connectivity index (χ1) is 10.2. The summed E-state index contributed by atoms with van der Waals surface area (Å²) < 4.78 is 1.94. The molecule has 112 valence electrons. The van der Waals surface area contributed by atoms with Crippen molar-refractivity contribution in [3.05, 3.63) is 40.3 Å². The Labute approximate surface area is 129 Å². The molecule has 0 N–H and O–H groups in total. The highest BCUT2D eigenvalue weighted by Gasteiger charge is 2.27. The summed E-state index contributed by atoms with van der Waals surface area (Å²) in [5, 5.41) is 4.27. The Hall–Kier alpha value is -1.62. The number of hydrogen-bond donors (Lipinski definition) is 0. The van der Waals surface area contributed by atoms with Crippen LogP contribution in [0.1, 0.15) is 29.0 Å². The van der Waals surface area contributed by atoms with E-state index in [4.69, 9.17) is 0 Å². The van der Waals surface area contributed by atoms with Gasteiger partial charge in [0, 0.05) is 28.7 Å². The number of nitrogens with zero attached hydrogens (tertiary/aromatic N) is 3. The molecule has 0 saturated carbocycles. The van der Waals surface area contributed by atoms with E-state index < -0.39 is 0 Å². The topological polar surface area (TPSA) is 38.1 Å². The summed E-state index contributed by atoms with van der Waals surface area (Å²) in [5.74, 6) is 0.258. The fourth-order valence-electron chi connectivity index (χ4n) is 2.97. The number of piperidine rings is 1. The van der Waals surface area contributed by atoms with E-state index in [2.05, 4.69) is 29.1 Å². The van der Waals surface area contributed by atoms with E-state index in [0.717, 1.165) is 25.9 Å². The minimum absolute atomic E-state index is 0.258. The van der Waals surface area contributed by atoms with Crippen molar-refractivity contribution in [3.8, 4) is 0 Å². The number of likely N-dealkylation sites (tertiary alicyclic amines) is 1. The number of aryl methyl sites for hydroxylation is 1. The molecule has 1 atom stereocenters. The van der Waals surface area contributed by atoms with Crippen LogP contribution in [0.25, 0.3) is 0 Å². The zero-order chi connectivity index (χ0) is 14.7. The fraction of sp³-hybridized carbons (Fsp3) is 0.500. The first kappa shape index (κ1) is 14.3. The second kappa shape index (κ2) is 6.43. The molecule has 1 amide bonds. The van der Waals surface area contributed by atoms with E-state index in [1.807, 2.05) is 16.9 Å². The van der Waals surface area contributed by atoms with Crippen LogP contribution in [0.4, 0.5) is 0 Å². The molecule has 3 rings (SSSR count). The Bertz CT molecular complexity index is 590. The summed E-state index contributed by atoms with van der Waals surface area (Å²) in [6.45, 7) is 3.78. The lowest BCUT2D eigenvalue weighted by molar-refractivity contribution is -0.134. The molecule has 1 fully saturated rings. The monoisotopic (exact) mass is 303 g/mol. The van der Waals surface area contributed by atoms with Crippen molar-refractivity contribution in [1.82, 2.24) is 14.7 Å². The van der Waals surface area contributed by atoms with Crippen molar-refractivity contribution in [2.24, 2.45) is 0 Å². The predicted octanol–water partition coefficient (Wildman–Crippen LogP) is 2.88. The van der Waals surface area contributed by atoms with Gasteiger partial charge in [-0.3, -0.25) is 9.48 Å². The Kier molecular flexibility index (Phi) is 4.39. The first-order valence-electron chi connectivity index (χ1n) is 7.54. The van der Waals surface area contributed by atoms with Gasteiger partial charge in [0.1, 0.15) is 0 Å². The maximum Gasteiger partial charge on any atom is 0.228 e. The van der Waals surface area contributed by atoms with Crippen LogP contribution in [-0.2, 0) is 17.8 Å². The average molecular weight is 303 g/mol. The summed E-state index contributed by atoms with van der Waals surface area (Å²) in [5.41, 5.74) is 0. The summed E-state index contributed by atoms with van der Waals surface area (Å²) in [6.07, 6.45) is 7.70. The molecule has 2 aromatic rings. The summed E-state index contributed by atoms with van der Waals surface area (Å²) in [7, 11) is 0. The van der Waals surface area contributed by atoms with Crippen LogP contribution < -0.4 is 0 Å². The van der Waals surface area contributed by atoms with Gasteiger partial charge in [0.15, 0.2) is 0 Å². The van der Waals surface area contributed by atoms with Gasteiger partial charge in [0.2, 0.25) is 5.91 Å². The third-order valence-electron chi connectivity index (χ3n) is 4.03. The molecule has 1 aliphatic heterocycles. The van der Waals surface area contributed by atoms with Crippen LogP contribution in [0.15, 0.2) is 30.6 Å². The van der Waals surface area contributed by atoms with Crippen molar-refractivity contribution >= 4 is 17.2 Å². The molecule has 0 unspecified atom stereocenters. The van der Waals surface area contributed by atoms with Crippen molar-refractivity contribution in [1.29, 1.82) is 0 Å². The maximum absolute atomic E-state index is 12.6. The second-order valence-corrected chi connectivity index (χ2v) is 7.03. The molecule has 4 nitrogen and oxygen atoms in total. The molecule has 0 bridgehead atoms. The SMILES string of the molecule is Cc1ccc(CC(=O)N2CCCC[C@@H]2Cn2cccn2)s1. The Morgan fingerprint density at radius 3 is 3.05 bits per heavy atom. The number of carbonyl (C=O) groups is 1.